The summed E-state index contributed by atoms with van der Waals surface area (Å²) >= 11 is 8.45. The van der Waals surface area contributed by atoms with Gasteiger partial charge in [0.15, 0.2) is 5.69 Å². The van der Waals surface area contributed by atoms with Crippen LogP contribution in [-0.4, -0.2) is 18.1 Å². The number of hydrogen-bond donors (Lipinski definition) is 0. The number of pyridine rings is 1. The first-order valence-electron chi connectivity index (χ1n) is 6.56. The van der Waals surface area contributed by atoms with Gasteiger partial charge in [-0.1, -0.05) is 17.7 Å². The topological polar surface area (TPSA) is 48.4 Å². The molecule has 0 bridgehead atoms. The molecule has 0 saturated carbocycles. The normalized spacial score (nSPS) is 11.3. The maximum atomic E-state index is 13.7. The third kappa shape index (κ3) is 4.60. The summed E-state index contributed by atoms with van der Waals surface area (Å²) < 4.78 is 62.4. The molecule has 0 atom stereocenters. The molecule has 2 rings (SSSR count). The van der Waals surface area contributed by atoms with Crippen LogP contribution in [0.1, 0.15) is 21.6 Å². The van der Waals surface area contributed by atoms with Gasteiger partial charge in [0.1, 0.15) is 18.0 Å². The fourth-order valence-electron chi connectivity index (χ4n) is 1.81. The average molecular weight is 443 g/mol. The lowest BCUT2D eigenvalue weighted by atomic mass is 10.2. The Labute approximate surface area is 152 Å². The van der Waals surface area contributed by atoms with E-state index in [1.54, 1.807) is 0 Å². The lowest BCUT2D eigenvalue weighted by Gasteiger charge is -2.15. The van der Waals surface area contributed by atoms with Gasteiger partial charge in [-0.3, -0.25) is 0 Å². The number of ether oxygens (including phenoxy) is 2. The lowest BCUT2D eigenvalue weighted by Crippen LogP contribution is -2.14. The van der Waals surface area contributed by atoms with Crippen LogP contribution in [0.25, 0.3) is 0 Å². The Bertz CT molecular complexity index is 814. The molecule has 2 aromatic rings. The van der Waals surface area contributed by atoms with Crippen LogP contribution in [0.15, 0.2) is 28.7 Å². The van der Waals surface area contributed by atoms with E-state index in [1.165, 1.54) is 12.1 Å². The monoisotopic (exact) mass is 441 g/mol. The van der Waals surface area contributed by atoms with Crippen molar-refractivity contribution in [3.05, 3.63) is 56.4 Å². The molecule has 0 unspecified atom stereocenters. The molecule has 1 heterocycles. The molecule has 0 amide bonds. The second kappa shape index (κ2) is 7.57. The van der Waals surface area contributed by atoms with E-state index in [4.69, 9.17) is 16.3 Å². The highest BCUT2D eigenvalue weighted by Gasteiger charge is 2.37. The molecule has 0 saturated heterocycles. The SMILES string of the molecule is COC(=O)c1nc(OCc2ccc(Cl)cc2F)c(C(F)(F)F)cc1Br. The first-order valence-corrected chi connectivity index (χ1v) is 7.73. The van der Waals surface area contributed by atoms with Gasteiger partial charge in [-0.15, -0.1) is 0 Å². The van der Waals surface area contributed by atoms with E-state index in [1.807, 2.05) is 0 Å². The summed E-state index contributed by atoms with van der Waals surface area (Å²) in [4.78, 5) is 15.1. The van der Waals surface area contributed by atoms with Crippen molar-refractivity contribution < 1.29 is 31.8 Å². The molecule has 1 aromatic heterocycles. The molecule has 134 valence electrons. The van der Waals surface area contributed by atoms with Crippen LogP contribution >= 0.6 is 27.5 Å². The van der Waals surface area contributed by atoms with Crippen molar-refractivity contribution in [3.8, 4) is 5.88 Å². The predicted octanol–water partition coefficient (Wildman–Crippen LogP) is 5.02. The van der Waals surface area contributed by atoms with E-state index >= 15 is 0 Å². The molecule has 1 aromatic carbocycles. The number of hydrogen-bond acceptors (Lipinski definition) is 4. The Hall–Kier alpha value is -1.87. The van der Waals surface area contributed by atoms with Crippen molar-refractivity contribution >= 4 is 33.5 Å². The highest BCUT2D eigenvalue weighted by molar-refractivity contribution is 9.10. The number of esters is 1. The van der Waals surface area contributed by atoms with Crippen LogP contribution in [0.5, 0.6) is 5.88 Å². The third-order valence-electron chi connectivity index (χ3n) is 3.00. The van der Waals surface area contributed by atoms with E-state index in [0.717, 1.165) is 13.2 Å². The highest BCUT2D eigenvalue weighted by atomic mass is 79.9. The first-order chi connectivity index (χ1) is 11.6. The summed E-state index contributed by atoms with van der Waals surface area (Å²) in [5, 5.41) is 0.131. The molecule has 0 N–H and O–H groups in total. The van der Waals surface area contributed by atoms with Gasteiger partial charge < -0.3 is 9.47 Å². The molecule has 0 aliphatic rings. The quantitative estimate of drug-likeness (QED) is 0.493. The Morgan fingerprint density at radius 2 is 2.00 bits per heavy atom. The van der Waals surface area contributed by atoms with Crippen molar-refractivity contribution in [1.82, 2.24) is 4.98 Å². The van der Waals surface area contributed by atoms with Crippen LogP contribution in [0, 0.1) is 5.82 Å². The molecule has 0 fully saturated rings. The number of halogens is 6. The number of carbonyl (C=O) groups excluding carboxylic acids is 1. The minimum atomic E-state index is -4.79. The van der Waals surface area contributed by atoms with Gasteiger partial charge in [0.25, 0.3) is 0 Å². The van der Waals surface area contributed by atoms with Crippen molar-refractivity contribution in [1.29, 1.82) is 0 Å². The number of nitrogens with zero attached hydrogens (tertiary/aromatic N) is 1. The van der Waals surface area contributed by atoms with Crippen LogP contribution in [0.2, 0.25) is 5.02 Å². The van der Waals surface area contributed by atoms with E-state index in [-0.39, 0.29) is 15.1 Å². The molecule has 4 nitrogen and oxygen atoms in total. The standard InChI is InChI=1S/C15H9BrClF4NO3/c1-24-14(23)12-10(16)5-9(15(19,20)21)13(22-12)25-6-7-2-3-8(17)4-11(7)18/h2-5H,6H2,1H3. The number of rotatable bonds is 4. The highest BCUT2D eigenvalue weighted by Crippen LogP contribution is 2.38. The Morgan fingerprint density at radius 1 is 1.32 bits per heavy atom. The van der Waals surface area contributed by atoms with Crippen LogP contribution in [-0.2, 0) is 17.5 Å². The van der Waals surface area contributed by atoms with E-state index in [2.05, 4.69) is 25.7 Å². The minimum Gasteiger partial charge on any atom is -0.472 e. The molecule has 10 heteroatoms. The number of benzene rings is 1. The maximum Gasteiger partial charge on any atom is 0.421 e. The maximum absolute atomic E-state index is 13.7. The number of aromatic nitrogens is 1. The van der Waals surface area contributed by atoms with Gasteiger partial charge >= 0.3 is 12.1 Å². The molecular formula is C15H9BrClF4NO3. The fraction of sp³-hybridized carbons (Fsp3) is 0.200. The molecule has 25 heavy (non-hydrogen) atoms. The Kier molecular flexibility index (Phi) is 5.89. The summed E-state index contributed by atoms with van der Waals surface area (Å²) in [6.07, 6.45) is -4.79. The number of methoxy groups -OCH3 is 1. The van der Waals surface area contributed by atoms with Crippen molar-refractivity contribution in [3.63, 3.8) is 0 Å². The van der Waals surface area contributed by atoms with Gasteiger partial charge in [0, 0.05) is 10.6 Å². The summed E-state index contributed by atoms with van der Waals surface area (Å²) in [5.74, 6) is -2.57. The molecule has 0 spiro atoms. The zero-order valence-corrected chi connectivity index (χ0v) is 14.8. The molecular weight excluding hydrogens is 434 g/mol. The van der Waals surface area contributed by atoms with Gasteiger partial charge in [-0.2, -0.15) is 13.2 Å². The Balaban J connectivity index is 2.41. The fourth-order valence-corrected chi connectivity index (χ4v) is 2.45. The summed E-state index contributed by atoms with van der Waals surface area (Å²) in [7, 11) is 1.05. The first kappa shape index (κ1) is 19.5. The van der Waals surface area contributed by atoms with Crippen molar-refractivity contribution in [2.45, 2.75) is 12.8 Å². The van der Waals surface area contributed by atoms with Crippen LogP contribution in [0.4, 0.5) is 17.6 Å². The zero-order valence-electron chi connectivity index (χ0n) is 12.5. The average Bonchev–Trinajstić information content (AvgIpc) is 2.53. The number of alkyl halides is 3. The lowest BCUT2D eigenvalue weighted by molar-refractivity contribution is -0.139. The predicted molar refractivity (Wildman–Crippen MR) is 84.0 cm³/mol. The van der Waals surface area contributed by atoms with E-state index < -0.39 is 41.7 Å². The summed E-state index contributed by atoms with van der Waals surface area (Å²) in [6.45, 7) is -0.540. The van der Waals surface area contributed by atoms with Crippen molar-refractivity contribution in [2.24, 2.45) is 0 Å². The molecule has 0 aliphatic heterocycles. The van der Waals surface area contributed by atoms with Gasteiger partial charge in [0.05, 0.1) is 11.6 Å². The van der Waals surface area contributed by atoms with Crippen molar-refractivity contribution in [2.75, 3.05) is 7.11 Å². The summed E-state index contributed by atoms with van der Waals surface area (Å²) in [5.41, 5.74) is -1.65. The van der Waals surface area contributed by atoms with E-state index in [9.17, 15) is 22.4 Å². The second-order valence-electron chi connectivity index (χ2n) is 4.69. The van der Waals surface area contributed by atoms with Gasteiger partial charge in [-0.05, 0) is 34.1 Å². The number of carbonyl (C=O) groups is 1. The third-order valence-corrected chi connectivity index (χ3v) is 3.84. The van der Waals surface area contributed by atoms with Crippen LogP contribution < -0.4 is 4.74 Å². The smallest absolute Gasteiger partial charge is 0.421 e. The summed E-state index contributed by atoms with van der Waals surface area (Å²) in [6, 6.07) is 4.28. The van der Waals surface area contributed by atoms with Gasteiger partial charge in [-0.25, -0.2) is 14.2 Å². The Morgan fingerprint density at radius 3 is 2.56 bits per heavy atom. The second-order valence-corrected chi connectivity index (χ2v) is 5.98. The minimum absolute atomic E-state index is 0.0261. The largest absolute Gasteiger partial charge is 0.472 e. The molecule has 0 radical (unpaired) electrons. The zero-order chi connectivity index (χ0) is 18.8. The molecule has 0 aliphatic carbocycles. The van der Waals surface area contributed by atoms with Crippen LogP contribution in [0.3, 0.4) is 0 Å². The van der Waals surface area contributed by atoms with E-state index in [0.29, 0.717) is 6.07 Å². The van der Waals surface area contributed by atoms with Gasteiger partial charge in [0.2, 0.25) is 5.88 Å².